The van der Waals surface area contributed by atoms with Crippen molar-refractivity contribution in [2.45, 2.75) is 9.79 Å². The zero-order chi connectivity index (χ0) is 23.9. The van der Waals surface area contributed by atoms with Crippen LogP contribution in [0.4, 0.5) is 20.2 Å². The lowest BCUT2D eigenvalue weighted by atomic mass is 10.2. The molecule has 2 N–H and O–H groups in total. The number of halogens is 2. The second-order valence-electron chi connectivity index (χ2n) is 7.03. The summed E-state index contributed by atoms with van der Waals surface area (Å²) >= 11 is 0. The van der Waals surface area contributed by atoms with Gasteiger partial charge in [0.15, 0.2) is 0 Å². The van der Waals surface area contributed by atoms with Gasteiger partial charge >= 0.3 is 0 Å². The second kappa shape index (κ2) is 11.0. The van der Waals surface area contributed by atoms with Gasteiger partial charge in [-0.05, 0) is 48.5 Å². The van der Waals surface area contributed by atoms with Crippen LogP contribution in [-0.4, -0.2) is 11.8 Å². The molecular formula is C26H18F2N2O2S2. The Balaban J connectivity index is 1.51. The Morgan fingerprint density at radius 1 is 0.529 bits per heavy atom. The lowest BCUT2D eigenvalue weighted by molar-refractivity contribution is 0.101. The van der Waals surface area contributed by atoms with E-state index in [0.29, 0.717) is 20.9 Å². The summed E-state index contributed by atoms with van der Waals surface area (Å²) in [5, 5.41) is 5.18. The highest BCUT2D eigenvalue weighted by Gasteiger charge is 2.17. The summed E-state index contributed by atoms with van der Waals surface area (Å²) in [7, 11) is 2.58. The molecule has 4 aromatic rings. The van der Waals surface area contributed by atoms with Crippen LogP contribution in [0, 0.1) is 11.6 Å². The molecule has 8 heteroatoms. The predicted molar refractivity (Wildman–Crippen MR) is 133 cm³/mol. The van der Waals surface area contributed by atoms with Gasteiger partial charge in [-0.15, -0.1) is 0 Å². The normalized spacial score (nSPS) is 10.5. The summed E-state index contributed by atoms with van der Waals surface area (Å²) in [6, 6.07) is 25.8. The minimum Gasteiger partial charge on any atom is -0.319 e. The number of para-hydroxylation sites is 2. The molecule has 0 saturated carbocycles. The standard InChI is InChI=1S/C26H18F2N2O2S2/c27-19-11-3-5-13-21(19)29-25(31)17-9-1-7-15-23(17)33-34-24-16-8-2-10-18(24)26(32)30-22-14-6-4-12-20(22)28/h1-16H,(H,29,31)(H,30,32). The van der Waals surface area contributed by atoms with Gasteiger partial charge in [0.1, 0.15) is 11.6 Å². The number of amides is 2. The van der Waals surface area contributed by atoms with Crippen molar-refractivity contribution in [3.05, 3.63) is 120 Å². The highest BCUT2D eigenvalue weighted by molar-refractivity contribution is 8.76. The Labute approximate surface area is 203 Å². The second-order valence-corrected chi connectivity index (χ2v) is 9.24. The first kappa shape index (κ1) is 23.5. The van der Waals surface area contributed by atoms with Crippen LogP contribution in [0.5, 0.6) is 0 Å². The number of benzene rings is 4. The molecule has 0 unspecified atom stereocenters. The largest absolute Gasteiger partial charge is 0.319 e. The zero-order valence-corrected chi connectivity index (χ0v) is 19.3. The maximum Gasteiger partial charge on any atom is 0.256 e. The Bertz CT molecular complexity index is 1240. The fourth-order valence-electron chi connectivity index (χ4n) is 3.05. The first-order valence-corrected chi connectivity index (χ1v) is 12.3. The van der Waals surface area contributed by atoms with Crippen LogP contribution in [0.1, 0.15) is 20.7 Å². The molecule has 0 spiro atoms. The van der Waals surface area contributed by atoms with E-state index in [2.05, 4.69) is 10.6 Å². The third-order valence-corrected chi connectivity index (χ3v) is 7.21. The number of nitrogens with one attached hydrogen (secondary N) is 2. The van der Waals surface area contributed by atoms with Crippen LogP contribution in [0.25, 0.3) is 0 Å². The molecule has 170 valence electrons. The molecule has 4 aromatic carbocycles. The third kappa shape index (κ3) is 5.65. The van der Waals surface area contributed by atoms with Gasteiger partial charge in [-0.3, -0.25) is 9.59 Å². The molecule has 0 aliphatic heterocycles. The summed E-state index contributed by atoms with van der Waals surface area (Å²) in [4.78, 5) is 26.9. The molecule has 2 amide bonds. The highest BCUT2D eigenvalue weighted by atomic mass is 33.1. The molecule has 0 atom stereocenters. The van der Waals surface area contributed by atoms with Crippen LogP contribution in [0.3, 0.4) is 0 Å². The molecule has 0 saturated heterocycles. The Kier molecular flexibility index (Phi) is 7.61. The van der Waals surface area contributed by atoms with Gasteiger partial charge in [-0.2, -0.15) is 0 Å². The number of anilines is 2. The molecule has 4 rings (SSSR count). The van der Waals surface area contributed by atoms with Crippen LogP contribution >= 0.6 is 21.6 Å². The Morgan fingerprint density at radius 2 is 0.882 bits per heavy atom. The van der Waals surface area contributed by atoms with E-state index in [-0.39, 0.29) is 11.4 Å². The van der Waals surface area contributed by atoms with E-state index in [1.807, 2.05) is 0 Å². The van der Waals surface area contributed by atoms with Gasteiger partial charge in [-0.25, -0.2) is 8.78 Å². The highest BCUT2D eigenvalue weighted by Crippen LogP contribution is 2.40. The van der Waals surface area contributed by atoms with Gasteiger partial charge in [0, 0.05) is 9.79 Å². The number of rotatable bonds is 7. The van der Waals surface area contributed by atoms with Gasteiger partial charge in [0.05, 0.1) is 22.5 Å². The van der Waals surface area contributed by atoms with Crippen molar-refractivity contribution in [3.8, 4) is 0 Å². The van der Waals surface area contributed by atoms with Crippen molar-refractivity contribution >= 4 is 44.8 Å². The van der Waals surface area contributed by atoms with E-state index in [9.17, 15) is 18.4 Å². The van der Waals surface area contributed by atoms with Gasteiger partial charge in [0.25, 0.3) is 11.8 Å². The maximum atomic E-state index is 14.0. The molecule has 0 aliphatic rings. The number of carbonyl (C=O) groups excluding carboxylic acids is 2. The van der Waals surface area contributed by atoms with Crippen LogP contribution in [0.2, 0.25) is 0 Å². The lowest BCUT2D eigenvalue weighted by Crippen LogP contribution is -2.14. The molecule has 0 heterocycles. The molecule has 4 nitrogen and oxygen atoms in total. The first-order valence-electron chi connectivity index (χ1n) is 10.2. The van der Waals surface area contributed by atoms with E-state index in [4.69, 9.17) is 0 Å². The van der Waals surface area contributed by atoms with E-state index in [1.54, 1.807) is 72.8 Å². The lowest BCUT2D eigenvalue weighted by Gasteiger charge is -2.12. The van der Waals surface area contributed by atoms with Gasteiger partial charge < -0.3 is 10.6 Å². The van der Waals surface area contributed by atoms with Gasteiger partial charge in [0.2, 0.25) is 0 Å². The SMILES string of the molecule is O=C(Nc1ccccc1F)c1ccccc1SSc1ccccc1C(=O)Nc1ccccc1F. The average Bonchev–Trinajstić information content (AvgIpc) is 2.86. The van der Waals surface area contributed by atoms with Crippen LogP contribution < -0.4 is 10.6 Å². The summed E-state index contributed by atoms with van der Waals surface area (Å²) < 4.78 is 27.9. The number of hydrogen-bond donors (Lipinski definition) is 2. The molecule has 0 bridgehead atoms. The Morgan fingerprint density at radius 3 is 1.29 bits per heavy atom. The van der Waals surface area contributed by atoms with Crippen molar-refractivity contribution < 1.29 is 18.4 Å². The Hall–Kier alpha value is -3.62. The summed E-state index contributed by atoms with van der Waals surface area (Å²) in [6.07, 6.45) is 0. The van der Waals surface area contributed by atoms with Crippen LogP contribution in [0.15, 0.2) is 107 Å². The van der Waals surface area contributed by atoms with E-state index < -0.39 is 23.4 Å². The van der Waals surface area contributed by atoms with E-state index in [0.717, 1.165) is 0 Å². The minimum atomic E-state index is -0.523. The maximum absolute atomic E-state index is 14.0. The fourth-order valence-corrected chi connectivity index (χ4v) is 5.41. The minimum absolute atomic E-state index is 0.0927. The molecule has 0 aliphatic carbocycles. The monoisotopic (exact) mass is 492 g/mol. The molecule has 0 aromatic heterocycles. The summed E-state index contributed by atoms with van der Waals surface area (Å²) in [6.45, 7) is 0. The van der Waals surface area contributed by atoms with Crippen molar-refractivity contribution in [1.29, 1.82) is 0 Å². The molecule has 34 heavy (non-hydrogen) atoms. The molecule has 0 fully saturated rings. The summed E-state index contributed by atoms with van der Waals surface area (Å²) in [5.41, 5.74) is 0.929. The zero-order valence-electron chi connectivity index (χ0n) is 17.6. The van der Waals surface area contributed by atoms with E-state index in [1.165, 1.54) is 45.9 Å². The van der Waals surface area contributed by atoms with Crippen molar-refractivity contribution in [2.24, 2.45) is 0 Å². The number of hydrogen-bond acceptors (Lipinski definition) is 4. The van der Waals surface area contributed by atoms with Crippen molar-refractivity contribution in [2.75, 3.05) is 10.6 Å². The van der Waals surface area contributed by atoms with E-state index >= 15 is 0 Å². The fraction of sp³-hybridized carbons (Fsp3) is 0. The number of carbonyl (C=O) groups is 2. The van der Waals surface area contributed by atoms with Gasteiger partial charge in [-0.1, -0.05) is 70.1 Å². The quantitative estimate of drug-likeness (QED) is 0.266. The molecule has 0 radical (unpaired) electrons. The van der Waals surface area contributed by atoms with Crippen molar-refractivity contribution in [3.63, 3.8) is 0 Å². The molecular weight excluding hydrogens is 474 g/mol. The van der Waals surface area contributed by atoms with Crippen molar-refractivity contribution in [1.82, 2.24) is 0 Å². The predicted octanol–water partition coefficient (Wildman–Crippen LogP) is 7.27. The average molecular weight is 493 g/mol. The summed E-state index contributed by atoms with van der Waals surface area (Å²) in [5.74, 6) is -1.94. The third-order valence-electron chi connectivity index (χ3n) is 4.73. The smallest absolute Gasteiger partial charge is 0.256 e. The topological polar surface area (TPSA) is 58.2 Å². The van der Waals surface area contributed by atoms with Crippen LogP contribution in [-0.2, 0) is 0 Å². The first-order chi connectivity index (χ1) is 16.5.